The maximum Gasteiger partial charge on any atom is 0.302 e. The van der Waals surface area contributed by atoms with Gasteiger partial charge in [-0.25, -0.2) is 0 Å². The van der Waals surface area contributed by atoms with Gasteiger partial charge in [-0.3, -0.25) is 4.79 Å². The van der Waals surface area contributed by atoms with Gasteiger partial charge >= 0.3 is 5.97 Å². The van der Waals surface area contributed by atoms with E-state index in [2.05, 4.69) is 4.74 Å². The molecule has 0 amide bonds. The first-order chi connectivity index (χ1) is 6.77. The molecule has 1 saturated carbocycles. The van der Waals surface area contributed by atoms with Crippen molar-refractivity contribution in [2.24, 2.45) is 0 Å². The van der Waals surface area contributed by atoms with E-state index in [1.54, 1.807) is 6.92 Å². The molecule has 94 valence electrons. The van der Waals surface area contributed by atoms with Gasteiger partial charge in [-0.1, -0.05) is 38.5 Å². The van der Waals surface area contributed by atoms with E-state index in [4.69, 9.17) is 5.11 Å². The van der Waals surface area contributed by atoms with Gasteiger partial charge in [-0.05, 0) is 6.92 Å². The molecule has 3 N–H and O–H groups in total. The van der Waals surface area contributed by atoms with Crippen LogP contribution in [0.3, 0.4) is 0 Å². The van der Waals surface area contributed by atoms with Gasteiger partial charge in [0, 0.05) is 14.0 Å². The number of aliphatic hydroxyl groups is 1. The summed E-state index contributed by atoms with van der Waals surface area (Å²) in [6.45, 7) is 3.65. The first-order valence-electron chi connectivity index (χ1n) is 5.35. The highest BCUT2D eigenvalue weighted by Gasteiger charge is 1.95. The van der Waals surface area contributed by atoms with Gasteiger partial charge in [-0.15, -0.1) is 0 Å². The van der Waals surface area contributed by atoms with Gasteiger partial charge in [0.2, 0.25) is 0 Å². The summed E-state index contributed by atoms with van der Waals surface area (Å²) in [5.41, 5.74) is 0. The smallest absolute Gasteiger partial charge is 0.302 e. The lowest BCUT2D eigenvalue weighted by molar-refractivity contribution is -0.140. The van der Waals surface area contributed by atoms with E-state index in [-0.39, 0.29) is 11.4 Å². The maximum atomic E-state index is 9.82. The zero-order valence-electron chi connectivity index (χ0n) is 10.2. The van der Waals surface area contributed by atoms with Crippen LogP contribution in [0.25, 0.3) is 0 Å². The minimum atomic E-state index is -0.211. The molecule has 0 aromatic carbocycles. The van der Waals surface area contributed by atoms with Crippen molar-refractivity contribution in [1.29, 1.82) is 0 Å². The minimum Gasteiger partial charge on any atom is -0.466 e. The van der Waals surface area contributed by atoms with E-state index in [1.165, 1.54) is 45.4 Å². The SMILES string of the molecule is C1CCCCC1.CCOC(C)=O.CO.O. The van der Waals surface area contributed by atoms with Crippen molar-refractivity contribution < 1.29 is 20.1 Å². The second-order valence-electron chi connectivity index (χ2n) is 3.05. The number of aliphatic hydroxyl groups excluding tert-OH is 1. The zero-order valence-corrected chi connectivity index (χ0v) is 10.2. The molecule has 0 heterocycles. The third kappa shape index (κ3) is 24.7. The van der Waals surface area contributed by atoms with Crippen molar-refractivity contribution in [2.45, 2.75) is 52.4 Å². The topological polar surface area (TPSA) is 78.0 Å². The highest BCUT2D eigenvalue weighted by molar-refractivity contribution is 5.65. The van der Waals surface area contributed by atoms with Crippen molar-refractivity contribution in [3.63, 3.8) is 0 Å². The molecule has 0 aromatic rings. The standard InChI is InChI=1S/C6H12.C4H8O2.CH4O.H2O/c1-2-4-6-5-3-1;1-3-6-4(2)5;1-2;/h1-6H2;3H2,1-2H3;2H,1H3;1H2. The molecule has 0 radical (unpaired) electrons. The van der Waals surface area contributed by atoms with Gasteiger partial charge in [0.15, 0.2) is 0 Å². The van der Waals surface area contributed by atoms with Crippen molar-refractivity contribution in [1.82, 2.24) is 0 Å². The Kier molecular flexibility index (Phi) is 25.2. The normalized spacial score (nSPS) is 13.1. The van der Waals surface area contributed by atoms with Crippen molar-refractivity contribution >= 4 is 5.97 Å². The molecular formula is C11H26O4. The molecule has 0 unspecified atom stereocenters. The number of carbonyl (C=O) groups excluding carboxylic acids is 1. The Morgan fingerprint density at radius 3 is 1.40 bits per heavy atom. The molecule has 1 aliphatic rings. The van der Waals surface area contributed by atoms with Crippen LogP contribution in [0.2, 0.25) is 0 Å². The van der Waals surface area contributed by atoms with Crippen LogP contribution in [0.15, 0.2) is 0 Å². The summed E-state index contributed by atoms with van der Waals surface area (Å²) in [6.07, 6.45) is 9.00. The quantitative estimate of drug-likeness (QED) is 0.686. The van der Waals surface area contributed by atoms with Gasteiger partial charge < -0.3 is 15.3 Å². The zero-order chi connectivity index (χ0) is 11.2. The molecule has 0 aromatic heterocycles. The van der Waals surface area contributed by atoms with E-state index in [9.17, 15) is 4.79 Å². The van der Waals surface area contributed by atoms with Crippen LogP contribution in [0, 0.1) is 0 Å². The van der Waals surface area contributed by atoms with E-state index in [0.717, 1.165) is 7.11 Å². The predicted octanol–water partition coefficient (Wildman–Crippen LogP) is 1.69. The lowest BCUT2D eigenvalue weighted by Gasteiger charge is -2.05. The molecular weight excluding hydrogens is 196 g/mol. The number of carbonyl (C=O) groups is 1. The molecule has 0 aliphatic heterocycles. The summed E-state index contributed by atoms with van der Waals surface area (Å²) in [5, 5.41) is 7.00. The monoisotopic (exact) mass is 222 g/mol. The summed E-state index contributed by atoms with van der Waals surface area (Å²) in [7, 11) is 1.00. The number of hydrogen-bond donors (Lipinski definition) is 1. The fraction of sp³-hybridized carbons (Fsp3) is 0.909. The third-order valence-electron chi connectivity index (χ3n) is 1.85. The van der Waals surface area contributed by atoms with Crippen molar-refractivity contribution in [3.05, 3.63) is 0 Å². The summed E-state index contributed by atoms with van der Waals surface area (Å²) < 4.78 is 4.40. The Morgan fingerprint density at radius 2 is 1.33 bits per heavy atom. The first-order valence-corrected chi connectivity index (χ1v) is 5.35. The molecule has 1 rings (SSSR count). The van der Waals surface area contributed by atoms with Gasteiger partial charge in [0.05, 0.1) is 6.61 Å². The van der Waals surface area contributed by atoms with Gasteiger partial charge in [-0.2, -0.15) is 0 Å². The highest BCUT2D eigenvalue weighted by atomic mass is 16.5. The summed E-state index contributed by atoms with van der Waals surface area (Å²) in [6, 6.07) is 0. The lowest BCUT2D eigenvalue weighted by Crippen LogP contribution is -1.95. The van der Waals surface area contributed by atoms with E-state index < -0.39 is 0 Å². The number of esters is 1. The average molecular weight is 222 g/mol. The lowest BCUT2D eigenvalue weighted by atomic mass is 10.0. The van der Waals surface area contributed by atoms with Crippen LogP contribution >= 0.6 is 0 Å². The van der Waals surface area contributed by atoms with Crippen LogP contribution in [0.5, 0.6) is 0 Å². The Labute approximate surface area is 92.9 Å². The summed E-state index contributed by atoms with van der Waals surface area (Å²) in [5.74, 6) is -0.211. The van der Waals surface area contributed by atoms with Crippen LogP contribution in [0.1, 0.15) is 52.4 Å². The number of hydrogen-bond acceptors (Lipinski definition) is 3. The second-order valence-corrected chi connectivity index (χ2v) is 3.05. The fourth-order valence-corrected chi connectivity index (χ4v) is 1.26. The van der Waals surface area contributed by atoms with E-state index >= 15 is 0 Å². The van der Waals surface area contributed by atoms with Gasteiger partial charge in [0.25, 0.3) is 0 Å². The number of rotatable bonds is 1. The van der Waals surface area contributed by atoms with E-state index in [1.807, 2.05) is 0 Å². The van der Waals surface area contributed by atoms with Crippen LogP contribution in [-0.4, -0.2) is 30.3 Å². The molecule has 1 fully saturated rings. The van der Waals surface area contributed by atoms with Crippen molar-refractivity contribution in [3.8, 4) is 0 Å². The van der Waals surface area contributed by atoms with E-state index in [0.29, 0.717) is 6.61 Å². The second kappa shape index (κ2) is 19.0. The fourth-order valence-electron chi connectivity index (χ4n) is 1.26. The molecule has 0 atom stereocenters. The first kappa shape index (κ1) is 19.9. The van der Waals surface area contributed by atoms with Crippen LogP contribution in [-0.2, 0) is 9.53 Å². The highest BCUT2D eigenvalue weighted by Crippen LogP contribution is 2.15. The molecule has 0 bridgehead atoms. The Hall–Kier alpha value is -0.610. The Bertz CT molecular complexity index is 99.6. The molecule has 1 aliphatic carbocycles. The maximum absolute atomic E-state index is 9.82. The predicted molar refractivity (Wildman–Crippen MR) is 61.8 cm³/mol. The Balaban J connectivity index is -0.000000156. The Morgan fingerprint density at radius 1 is 1.07 bits per heavy atom. The number of ether oxygens (including phenoxy) is 1. The molecule has 4 nitrogen and oxygen atoms in total. The molecule has 15 heavy (non-hydrogen) atoms. The van der Waals surface area contributed by atoms with Crippen LogP contribution in [0.4, 0.5) is 0 Å². The van der Waals surface area contributed by atoms with Gasteiger partial charge in [0.1, 0.15) is 0 Å². The molecule has 0 spiro atoms. The molecule has 0 saturated heterocycles. The third-order valence-corrected chi connectivity index (χ3v) is 1.85. The summed E-state index contributed by atoms with van der Waals surface area (Å²) >= 11 is 0. The summed E-state index contributed by atoms with van der Waals surface area (Å²) in [4.78, 5) is 9.82. The largest absolute Gasteiger partial charge is 0.466 e. The average Bonchev–Trinajstić information content (AvgIpc) is 2.24. The molecule has 4 heteroatoms. The van der Waals surface area contributed by atoms with Crippen LogP contribution < -0.4 is 0 Å². The minimum absolute atomic E-state index is 0. The van der Waals surface area contributed by atoms with Crippen molar-refractivity contribution in [2.75, 3.05) is 13.7 Å².